The number of benzene rings is 1. The molecule has 2 rings (SSSR count). The zero-order valence-corrected chi connectivity index (χ0v) is 11.2. The number of likely N-dealkylation sites (tertiary alicyclic amines) is 1. The van der Waals surface area contributed by atoms with Crippen molar-refractivity contribution in [1.82, 2.24) is 10.3 Å². The van der Waals surface area contributed by atoms with Crippen LogP contribution in [-0.2, 0) is 11.3 Å². The molecule has 5 nitrogen and oxygen atoms in total. The molecule has 0 aliphatic carbocycles. The van der Waals surface area contributed by atoms with Crippen molar-refractivity contribution in [3.8, 4) is 0 Å². The van der Waals surface area contributed by atoms with Crippen LogP contribution in [0.4, 0.5) is 0 Å². The largest absolute Gasteiger partial charge is 0.392 e. The molecule has 2 unspecified atom stereocenters. The summed E-state index contributed by atoms with van der Waals surface area (Å²) in [5.74, 6) is 4.70. The van der Waals surface area contributed by atoms with E-state index < -0.39 is 0 Å². The lowest BCUT2D eigenvalue weighted by atomic mass is 9.99. The van der Waals surface area contributed by atoms with Gasteiger partial charge < -0.3 is 5.11 Å². The Morgan fingerprint density at radius 2 is 2.21 bits per heavy atom. The molecule has 1 aromatic rings. The average Bonchev–Trinajstić information content (AvgIpc) is 2.83. The van der Waals surface area contributed by atoms with E-state index in [0.717, 1.165) is 31.6 Å². The van der Waals surface area contributed by atoms with Gasteiger partial charge in [0, 0.05) is 19.6 Å². The number of nitrogens with zero attached hydrogens (tertiary/aromatic N) is 1. The summed E-state index contributed by atoms with van der Waals surface area (Å²) < 4.78 is 0. The monoisotopic (exact) mass is 263 g/mol. The standard InChI is InChI=1S/C14H21N3O2/c1-10(14(19)16-15)12-4-2-11(3-5-12)8-17-7-6-13(18)9-17/h2-5,10,13,18H,6-9,15H2,1H3,(H,16,19). The van der Waals surface area contributed by atoms with Crippen LogP contribution in [-0.4, -0.2) is 35.1 Å². The van der Waals surface area contributed by atoms with Gasteiger partial charge in [-0.2, -0.15) is 0 Å². The average molecular weight is 263 g/mol. The van der Waals surface area contributed by atoms with Gasteiger partial charge in [-0.25, -0.2) is 5.84 Å². The molecule has 1 aliphatic heterocycles. The van der Waals surface area contributed by atoms with Crippen LogP contribution in [0.5, 0.6) is 0 Å². The summed E-state index contributed by atoms with van der Waals surface area (Å²) in [6.07, 6.45) is 0.666. The highest BCUT2D eigenvalue weighted by Gasteiger charge is 2.20. The third kappa shape index (κ3) is 3.53. The first-order valence-electron chi connectivity index (χ1n) is 6.60. The zero-order valence-electron chi connectivity index (χ0n) is 11.2. The minimum atomic E-state index is -0.243. The van der Waals surface area contributed by atoms with Crippen molar-refractivity contribution in [2.24, 2.45) is 5.84 Å². The number of nitrogens with two attached hydrogens (primary N) is 1. The van der Waals surface area contributed by atoms with Crippen LogP contribution < -0.4 is 11.3 Å². The number of amides is 1. The van der Waals surface area contributed by atoms with Gasteiger partial charge in [-0.1, -0.05) is 24.3 Å². The van der Waals surface area contributed by atoms with E-state index in [4.69, 9.17) is 5.84 Å². The number of aliphatic hydroxyl groups is 1. The second kappa shape index (κ2) is 6.14. The smallest absolute Gasteiger partial charge is 0.241 e. The number of aliphatic hydroxyl groups excluding tert-OH is 1. The Balaban J connectivity index is 1.96. The number of hydrazine groups is 1. The Labute approximate surface area is 113 Å². The minimum Gasteiger partial charge on any atom is -0.392 e. The number of nitrogens with one attached hydrogen (secondary N) is 1. The van der Waals surface area contributed by atoms with Crippen molar-refractivity contribution in [2.45, 2.75) is 31.9 Å². The molecule has 0 saturated carbocycles. The summed E-state index contributed by atoms with van der Waals surface area (Å²) in [6.45, 7) is 4.35. The fraction of sp³-hybridized carbons (Fsp3) is 0.500. The van der Waals surface area contributed by atoms with Gasteiger partial charge in [-0.05, 0) is 24.5 Å². The van der Waals surface area contributed by atoms with Gasteiger partial charge in [0.15, 0.2) is 0 Å². The number of carbonyl (C=O) groups is 1. The Kier molecular flexibility index (Phi) is 4.52. The highest BCUT2D eigenvalue weighted by molar-refractivity contribution is 5.82. The van der Waals surface area contributed by atoms with Crippen LogP contribution >= 0.6 is 0 Å². The molecule has 1 fully saturated rings. The van der Waals surface area contributed by atoms with Crippen LogP contribution in [0, 0.1) is 0 Å². The van der Waals surface area contributed by atoms with E-state index >= 15 is 0 Å². The van der Waals surface area contributed by atoms with Gasteiger partial charge >= 0.3 is 0 Å². The minimum absolute atomic E-state index is 0.185. The van der Waals surface area contributed by atoms with E-state index in [1.54, 1.807) is 0 Å². The highest BCUT2D eigenvalue weighted by Crippen LogP contribution is 2.18. The van der Waals surface area contributed by atoms with Gasteiger partial charge in [0.2, 0.25) is 5.91 Å². The van der Waals surface area contributed by atoms with Gasteiger partial charge in [0.1, 0.15) is 0 Å². The molecule has 0 spiro atoms. The predicted molar refractivity (Wildman–Crippen MR) is 73.1 cm³/mol. The molecule has 2 atom stereocenters. The first-order valence-corrected chi connectivity index (χ1v) is 6.60. The molecule has 1 amide bonds. The molecule has 0 aromatic heterocycles. The lowest BCUT2D eigenvalue weighted by Crippen LogP contribution is -2.33. The number of carbonyl (C=O) groups excluding carboxylic acids is 1. The molecule has 4 N–H and O–H groups in total. The number of β-amino-alcohol motifs (C(OH)–C–C–N with tert-alkyl or cyclic N) is 1. The summed E-state index contributed by atoms with van der Waals surface area (Å²) in [4.78, 5) is 13.7. The Bertz CT molecular complexity index is 433. The predicted octanol–water partition coefficient (Wildman–Crippen LogP) is 0.347. The second-order valence-electron chi connectivity index (χ2n) is 5.15. The van der Waals surface area contributed by atoms with Crippen molar-refractivity contribution in [1.29, 1.82) is 0 Å². The van der Waals surface area contributed by atoms with E-state index in [1.807, 2.05) is 31.2 Å². The van der Waals surface area contributed by atoms with E-state index in [2.05, 4.69) is 10.3 Å². The first kappa shape index (κ1) is 14.0. The molecule has 104 valence electrons. The zero-order chi connectivity index (χ0) is 13.8. The third-order valence-corrected chi connectivity index (χ3v) is 3.67. The molecule has 19 heavy (non-hydrogen) atoms. The molecular formula is C14H21N3O2. The molecule has 1 aliphatic rings. The maximum absolute atomic E-state index is 11.4. The van der Waals surface area contributed by atoms with Crippen LogP contribution in [0.25, 0.3) is 0 Å². The lowest BCUT2D eigenvalue weighted by Gasteiger charge is -2.16. The normalized spacial score (nSPS) is 21.3. The fourth-order valence-electron chi connectivity index (χ4n) is 2.40. The number of rotatable bonds is 4. The van der Waals surface area contributed by atoms with Crippen LogP contribution in [0.1, 0.15) is 30.4 Å². The van der Waals surface area contributed by atoms with Crippen LogP contribution in [0.15, 0.2) is 24.3 Å². The maximum atomic E-state index is 11.4. The molecule has 0 bridgehead atoms. The summed E-state index contributed by atoms with van der Waals surface area (Å²) in [7, 11) is 0. The van der Waals surface area contributed by atoms with Crippen molar-refractivity contribution < 1.29 is 9.90 Å². The maximum Gasteiger partial charge on any atom is 0.241 e. The van der Waals surface area contributed by atoms with Gasteiger partial charge in [0.25, 0.3) is 0 Å². The molecule has 1 aromatic carbocycles. The van der Waals surface area contributed by atoms with E-state index in [-0.39, 0.29) is 17.9 Å². The highest BCUT2D eigenvalue weighted by atomic mass is 16.3. The molecule has 0 radical (unpaired) electrons. The molecule has 1 heterocycles. The Morgan fingerprint density at radius 3 is 2.74 bits per heavy atom. The lowest BCUT2D eigenvalue weighted by molar-refractivity contribution is -0.122. The summed E-state index contributed by atoms with van der Waals surface area (Å²) in [5, 5.41) is 9.48. The summed E-state index contributed by atoms with van der Waals surface area (Å²) in [6, 6.07) is 7.98. The quantitative estimate of drug-likeness (QED) is 0.416. The van der Waals surface area contributed by atoms with Crippen molar-refractivity contribution in [3.05, 3.63) is 35.4 Å². The van der Waals surface area contributed by atoms with Crippen molar-refractivity contribution in [2.75, 3.05) is 13.1 Å². The first-order chi connectivity index (χ1) is 9.10. The SMILES string of the molecule is CC(C(=O)NN)c1ccc(CN2CCC(O)C2)cc1. The van der Waals surface area contributed by atoms with Gasteiger partial charge in [-0.3, -0.25) is 15.1 Å². The summed E-state index contributed by atoms with van der Waals surface area (Å²) in [5.41, 5.74) is 4.31. The van der Waals surface area contributed by atoms with Crippen LogP contribution in [0.2, 0.25) is 0 Å². The van der Waals surface area contributed by atoms with E-state index in [9.17, 15) is 9.90 Å². The van der Waals surface area contributed by atoms with E-state index in [1.165, 1.54) is 5.56 Å². The molecule has 5 heteroatoms. The Hall–Kier alpha value is -1.43. The van der Waals surface area contributed by atoms with Crippen molar-refractivity contribution in [3.63, 3.8) is 0 Å². The summed E-state index contributed by atoms with van der Waals surface area (Å²) >= 11 is 0. The van der Waals surface area contributed by atoms with Gasteiger partial charge in [0.05, 0.1) is 12.0 Å². The molecular weight excluding hydrogens is 242 g/mol. The van der Waals surface area contributed by atoms with Crippen LogP contribution in [0.3, 0.4) is 0 Å². The van der Waals surface area contributed by atoms with Gasteiger partial charge in [-0.15, -0.1) is 0 Å². The molecule has 1 saturated heterocycles. The Morgan fingerprint density at radius 1 is 1.53 bits per heavy atom. The fourth-order valence-corrected chi connectivity index (χ4v) is 2.40. The number of hydrogen-bond acceptors (Lipinski definition) is 4. The second-order valence-corrected chi connectivity index (χ2v) is 5.15. The topological polar surface area (TPSA) is 78.6 Å². The number of hydrogen-bond donors (Lipinski definition) is 3. The van der Waals surface area contributed by atoms with Crippen molar-refractivity contribution >= 4 is 5.91 Å². The van der Waals surface area contributed by atoms with E-state index in [0.29, 0.717) is 0 Å². The third-order valence-electron chi connectivity index (χ3n) is 3.67.